The number of nitriles is 1. The molecule has 0 amide bonds. The van der Waals surface area contributed by atoms with Crippen LogP contribution in [0.1, 0.15) is 30.9 Å². The first-order valence-corrected chi connectivity index (χ1v) is 12.3. The summed E-state index contributed by atoms with van der Waals surface area (Å²) >= 11 is 0. The maximum atomic E-state index is 12.9. The molecule has 4 heterocycles. The quantitative estimate of drug-likeness (QED) is 0.360. The number of aryl methyl sites for hydroxylation is 4. The zero-order valence-corrected chi connectivity index (χ0v) is 22.1. The summed E-state index contributed by atoms with van der Waals surface area (Å²) in [6.45, 7) is 4.25. The average Bonchev–Trinajstić information content (AvgIpc) is 3.66. The maximum Gasteiger partial charge on any atom is 0.328 e. The van der Waals surface area contributed by atoms with Crippen LogP contribution in [-0.4, -0.2) is 38.0 Å². The lowest BCUT2D eigenvalue weighted by Crippen LogP contribution is -2.19. The normalized spacial score (nSPS) is 11.7. The van der Waals surface area contributed by atoms with Gasteiger partial charge in [0.05, 0.1) is 58.1 Å². The predicted molar refractivity (Wildman–Crippen MR) is 146 cm³/mol. The van der Waals surface area contributed by atoms with Crippen molar-refractivity contribution in [3.05, 3.63) is 70.8 Å². The van der Waals surface area contributed by atoms with E-state index in [9.17, 15) is 10.1 Å². The van der Waals surface area contributed by atoms with Gasteiger partial charge in [-0.3, -0.25) is 18.4 Å². The fraction of sp³-hybridized carbons (Fsp3) is 0.250. The van der Waals surface area contributed by atoms with E-state index in [1.807, 2.05) is 50.1 Å². The molecule has 10 heteroatoms. The lowest BCUT2D eigenvalue weighted by Gasteiger charge is -2.15. The molecule has 2 aromatic carbocycles. The molecule has 6 rings (SSSR count). The summed E-state index contributed by atoms with van der Waals surface area (Å²) in [4.78, 5) is 22.3. The second-order valence-corrected chi connectivity index (χ2v) is 10.0. The van der Waals surface area contributed by atoms with Crippen molar-refractivity contribution in [3.8, 4) is 34.4 Å². The molecule has 0 aliphatic carbocycles. The molecule has 0 radical (unpaired) electrons. The lowest BCUT2D eigenvalue weighted by atomic mass is 10.00. The molecular weight excluding hydrogens is 478 g/mol. The largest absolute Gasteiger partial charge is 0.331 e. The van der Waals surface area contributed by atoms with Gasteiger partial charge in [0.1, 0.15) is 5.69 Å². The monoisotopic (exact) mass is 505 g/mol. The summed E-state index contributed by atoms with van der Waals surface area (Å²) in [7, 11) is 7.38. The van der Waals surface area contributed by atoms with Crippen molar-refractivity contribution in [1.82, 2.24) is 38.0 Å². The third-order valence-corrected chi connectivity index (χ3v) is 7.23. The minimum Gasteiger partial charge on any atom is -0.331 e. The molecule has 0 saturated heterocycles. The zero-order chi connectivity index (χ0) is 26.9. The first-order valence-electron chi connectivity index (χ1n) is 12.3. The Morgan fingerprint density at radius 1 is 0.974 bits per heavy atom. The highest BCUT2D eigenvalue weighted by Gasteiger charge is 2.23. The molecule has 38 heavy (non-hydrogen) atoms. The standard InChI is InChI=1S/C28H27N9O/c1-16(2)20-8-19(9-24-26(20)36(6)28(38)35(24)5)37-23-7-17(11-29)21(18-12-31-34(4)14-18)10-22(23)32-27(37)25-13-30-15-33(25)3/h7-10,12-16H,1-6H3. The van der Waals surface area contributed by atoms with Gasteiger partial charge in [-0.2, -0.15) is 10.4 Å². The molecule has 0 aliphatic rings. The number of benzene rings is 2. The van der Waals surface area contributed by atoms with Crippen LogP contribution in [0, 0.1) is 11.3 Å². The minimum absolute atomic E-state index is 0.0747. The predicted octanol–water partition coefficient (Wildman–Crippen LogP) is 4.01. The van der Waals surface area contributed by atoms with Crippen molar-refractivity contribution in [2.45, 2.75) is 19.8 Å². The topological polar surface area (TPSA) is 104 Å². The number of hydrogen-bond donors (Lipinski definition) is 0. The molecular formula is C28H27N9O. The van der Waals surface area contributed by atoms with Crippen molar-refractivity contribution in [1.29, 1.82) is 5.26 Å². The van der Waals surface area contributed by atoms with Crippen LogP contribution in [0.25, 0.3) is 50.4 Å². The van der Waals surface area contributed by atoms with Crippen LogP contribution in [0.3, 0.4) is 0 Å². The number of nitrogens with zero attached hydrogens (tertiary/aromatic N) is 9. The van der Waals surface area contributed by atoms with E-state index in [0.717, 1.165) is 50.1 Å². The van der Waals surface area contributed by atoms with Crippen molar-refractivity contribution in [2.75, 3.05) is 0 Å². The van der Waals surface area contributed by atoms with E-state index in [0.29, 0.717) is 11.4 Å². The first-order chi connectivity index (χ1) is 18.2. The van der Waals surface area contributed by atoms with Gasteiger partial charge in [0.2, 0.25) is 0 Å². The number of rotatable bonds is 4. The molecule has 0 fully saturated rings. The summed E-state index contributed by atoms with van der Waals surface area (Å²) in [5.41, 5.74) is 8.12. The van der Waals surface area contributed by atoms with E-state index in [2.05, 4.69) is 40.6 Å². The van der Waals surface area contributed by atoms with Gasteiger partial charge in [0, 0.05) is 45.5 Å². The highest BCUT2D eigenvalue weighted by atomic mass is 16.1. The summed E-state index contributed by atoms with van der Waals surface area (Å²) in [6, 6.07) is 10.3. The SMILES string of the molecule is CC(C)c1cc(-n2c(-c3cncn3C)nc3cc(-c4cnn(C)c4)c(C#N)cc32)cc2c1n(C)c(=O)n2C. The highest BCUT2D eigenvalue weighted by Crippen LogP contribution is 2.36. The van der Waals surface area contributed by atoms with Gasteiger partial charge in [-0.15, -0.1) is 0 Å². The van der Waals surface area contributed by atoms with E-state index in [4.69, 9.17) is 4.98 Å². The van der Waals surface area contributed by atoms with E-state index < -0.39 is 0 Å². The smallest absolute Gasteiger partial charge is 0.328 e. The molecule has 190 valence electrons. The Hall–Kier alpha value is -4.91. The molecule has 4 aromatic heterocycles. The number of fused-ring (bicyclic) bond motifs is 2. The van der Waals surface area contributed by atoms with Gasteiger partial charge >= 0.3 is 5.69 Å². The summed E-state index contributed by atoms with van der Waals surface area (Å²) in [5, 5.41) is 14.4. The Morgan fingerprint density at radius 3 is 2.39 bits per heavy atom. The molecule has 0 aliphatic heterocycles. The number of hydrogen-bond acceptors (Lipinski definition) is 5. The van der Waals surface area contributed by atoms with Crippen LogP contribution in [-0.2, 0) is 28.2 Å². The Balaban J connectivity index is 1.74. The Morgan fingerprint density at radius 2 is 1.76 bits per heavy atom. The Labute approximate surface area is 218 Å². The zero-order valence-electron chi connectivity index (χ0n) is 22.1. The fourth-order valence-corrected chi connectivity index (χ4v) is 5.26. The van der Waals surface area contributed by atoms with Crippen LogP contribution < -0.4 is 5.69 Å². The third kappa shape index (κ3) is 3.32. The first kappa shape index (κ1) is 23.5. The maximum absolute atomic E-state index is 12.9. The van der Waals surface area contributed by atoms with Gasteiger partial charge in [-0.05, 0) is 35.7 Å². The van der Waals surface area contributed by atoms with Crippen LogP contribution in [0.4, 0.5) is 0 Å². The molecule has 0 bridgehead atoms. The highest BCUT2D eigenvalue weighted by molar-refractivity contribution is 5.91. The number of aromatic nitrogens is 8. The van der Waals surface area contributed by atoms with Crippen molar-refractivity contribution < 1.29 is 0 Å². The van der Waals surface area contributed by atoms with Crippen LogP contribution in [0.15, 0.2) is 54.0 Å². The van der Waals surface area contributed by atoms with Crippen molar-refractivity contribution in [2.24, 2.45) is 28.2 Å². The molecule has 0 saturated carbocycles. The van der Waals surface area contributed by atoms with E-state index in [1.165, 1.54) is 0 Å². The van der Waals surface area contributed by atoms with Crippen LogP contribution in [0.5, 0.6) is 0 Å². The molecule has 6 aromatic rings. The van der Waals surface area contributed by atoms with Gasteiger partial charge < -0.3 is 4.57 Å². The minimum atomic E-state index is -0.0747. The fourth-order valence-electron chi connectivity index (χ4n) is 5.26. The van der Waals surface area contributed by atoms with Gasteiger partial charge in [0.25, 0.3) is 0 Å². The Kier molecular flexibility index (Phi) is 5.14. The van der Waals surface area contributed by atoms with Crippen molar-refractivity contribution in [3.63, 3.8) is 0 Å². The second kappa shape index (κ2) is 8.31. The molecule has 0 N–H and O–H groups in total. The second-order valence-electron chi connectivity index (χ2n) is 10.0. The van der Waals surface area contributed by atoms with Gasteiger partial charge in [-0.25, -0.2) is 14.8 Å². The summed E-state index contributed by atoms with van der Waals surface area (Å²) in [5.74, 6) is 0.870. The Bertz CT molecular complexity index is 1980. The van der Waals surface area contributed by atoms with Gasteiger partial charge in [-0.1, -0.05) is 13.8 Å². The van der Waals surface area contributed by atoms with Crippen LogP contribution in [0.2, 0.25) is 0 Å². The number of imidazole rings is 3. The van der Waals surface area contributed by atoms with Crippen molar-refractivity contribution >= 4 is 22.1 Å². The third-order valence-electron chi connectivity index (χ3n) is 7.23. The van der Waals surface area contributed by atoms with E-state index >= 15 is 0 Å². The lowest BCUT2D eigenvalue weighted by molar-refractivity contribution is 0.768. The van der Waals surface area contributed by atoms with Gasteiger partial charge in [0.15, 0.2) is 5.82 Å². The summed E-state index contributed by atoms with van der Waals surface area (Å²) < 4.78 is 9.08. The summed E-state index contributed by atoms with van der Waals surface area (Å²) in [6.07, 6.45) is 7.16. The molecule has 0 unspecified atom stereocenters. The van der Waals surface area contributed by atoms with E-state index in [1.54, 1.807) is 39.6 Å². The average molecular weight is 506 g/mol. The van der Waals surface area contributed by atoms with Crippen LogP contribution >= 0.6 is 0 Å². The molecule has 10 nitrogen and oxygen atoms in total. The van der Waals surface area contributed by atoms with E-state index in [-0.39, 0.29) is 11.6 Å². The molecule has 0 atom stereocenters. The molecule has 0 spiro atoms.